The van der Waals surface area contributed by atoms with Crippen molar-refractivity contribution in [2.75, 3.05) is 5.73 Å². The van der Waals surface area contributed by atoms with Crippen molar-refractivity contribution in [2.24, 2.45) is 0 Å². The number of benzene rings is 3. The molecular formula is C19H7F8NO3. The van der Waals surface area contributed by atoms with Gasteiger partial charge in [-0.05, 0) is 18.2 Å². The van der Waals surface area contributed by atoms with Crippen LogP contribution in [0.25, 0.3) is 0 Å². The van der Waals surface area contributed by atoms with Crippen molar-refractivity contribution >= 4 is 11.5 Å². The molecule has 3 aromatic rings. The highest BCUT2D eigenvalue weighted by Gasteiger charge is 2.33. The Kier molecular flexibility index (Phi) is 5.49. The standard InChI is InChI=1S/C19H7F8NO3/c20-11-6(19(30)10-13(22)16(25)18(27)17(26)14(10)23)4-9(12(21)15(11)24)31-5-1-2-8(29)7(28)3-5/h1-4,29H,28H2. The summed E-state index contributed by atoms with van der Waals surface area (Å²) in [5.74, 6) is -23.4. The van der Waals surface area contributed by atoms with Crippen LogP contribution < -0.4 is 10.5 Å². The Morgan fingerprint density at radius 3 is 1.81 bits per heavy atom. The molecule has 0 spiro atoms. The maximum atomic E-state index is 14.1. The summed E-state index contributed by atoms with van der Waals surface area (Å²) >= 11 is 0. The number of nitrogens with two attached hydrogens (primary N) is 1. The van der Waals surface area contributed by atoms with Crippen molar-refractivity contribution in [2.45, 2.75) is 0 Å². The van der Waals surface area contributed by atoms with E-state index in [4.69, 9.17) is 10.5 Å². The summed E-state index contributed by atoms with van der Waals surface area (Å²) in [6, 6.07) is 3.10. The Hall–Kier alpha value is -3.83. The van der Waals surface area contributed by atoms with E-state index >= 15 is 0 Å². The van der Waals surface area contributed by atoms with Gasteiger partial charge < -0.3 is 15.6 Å². The number of nitrogen functional groups attached to an aromatic ring is 1. The Morgan fingerprint density at radius 2 is 1.26 bits per heavy atom. The number of anilines is 1. The van der Waals surface area contributed by atoms with Gasteiger partial charge in [-0.2, -0.15) is 4.39 Å². The molecule has 3 N–H and O–H groups in total. The molecule has 31 heavy (non-hydrogen) atoms. The van der Waals surface area contributed by atoms with Gasteiger partial charge in [-0.1, -0.05) is 0 Å². The second-order valence-corrected chi connectivity index (χ2v) is 5.96. The molecule has 3 rings (SSSR count). The van der Waals surface area contributed by atoms with Gasteiger partial charge in [0.1, 0.15) is 17.1 Å². The van der Waals surface area contributed by atoms with Crippen molar-refractivity contribution in [1.29, 1.82) is 0 Å². The lowest BCUT2D eigenvalue weighted by molar-refractivity contribution is 0.102. The number of carbonyl (C=O) groups is 1. The fourth-order valence-corrected chi connectivity index (χ4v) is 2.48. The minimum atomic E-state index is -2.58. The third kappa shape index (κ3) is 3.60. The summed E-state index contributed by atoms with van der Waals surface area (Å²) in [4.78, 5) is 12.3. The van der Waals surface area contributed by atoms with Crippen molar-refractivity contribution in [3.63, 3.8) is 0 Å². The maximum Gasteiger partial charge on any atom is 0.204 e. The molecule has 0 aromatic heterocycles. The monoisotopic (exact) mass is 449 g/mol. The quantitative estimate of drug-likeness (QED) is 0.145. The summed E-state index contributed by atoms with van der Waals surface area (Å²) in [5, 5.41) is 9.34. The Morgan fingerprint density at radius 1 is 0.742 bits per heavy atom. The van der Waals surface area contributed by atoms with Crippen LogP contribution in [0.4, 0.5) is 40.8 Å². The number of halogens is 8. The summed E-state index contributed by atoms with van der Waals surface area (Å²) in [6.07, 6.45) is 0. The molecular weight excluding hydrogens is 442 g/mol. The molecule has 0 aliphatic rings. The van der Waals surface area contributed by atoms with E-state index in [1.165, 1.54) is 0 Å². The van der Waals surface area contributed by atoms with E-state index in [1.807, 2.05) is 0 Å². The van der Waals surface area contributed by atoms with Gasteiger partial charge in [-0.3, -0.25) is 4.79 Å². The van der Waals surface area contributed by atoms with Crippen LogP contribution in [0.5, 0.6) is 17.2 Å². The number of ether oxygens (including phenoxy) is 1. The molecule has 0 heterocycles. The largest absolute Gasteiger partial charge is 0.506 e. The summed E-state index contributed by atoms with van der Waals surface area (Å²) in [6.45, 7) is 0. The summed E-state index contributed by atoms with van der Waals surface area (Å²) < 4.78 is 115. The molecule has 0 amide bonds. The lowest BCUT2D eigenvalue weighted by Gasteiger charge is -2.12. The number of hydrogen-bond donors (Lipinski definition) is 2. The Bertz CT molecular complexity index is 1220. The van der Waals surface area contributed by atoms with E-state index in [0.717, 1.165) is 18.2 Å². The lowest BCUT2D eigenvalue weighted by atomic mass is 10.00. The average Bonchev–Trinajstić information content (AvgIpc) is 2.73. The SMILES string of the molecule is Nc1cc(Oc2cc(C(=O)c3c(F)c(F)c(F)c(F)c3F)c(F)c(F)c2F)ccc1O. The van der Waals surface area contributed by atoms with Gasteiger partial charge in [-0.15, -0.1) is 0 Å². The third-order valence-electron chi connectivity index (χ3n) is 4.02. The number of ketones is 1. The number of carbonyl (C=O) groups excluding carboxylic acids is 1. The Labute approximate surface area is 167 Å². The number of aromatic hydroxyl groups is 1. The molecule has 0 bridgehead atoms. The molecule has 4 nitrogen and oxygen atoms in total. The zero-order valence-corrected chi connectivity index (χ0v) is 14.7. The van der Waals surface area contributed by atoms with Crippen LogP contribution in [0.3, 0.4) is 0 Å². The minimum Gasteiger partial charge on any atom is -0.506 e. The van der Waals surface area contributed by atoms with Gasteiger partial charge >= 0.3 is 0 Å². The minimum absolute atomic E-state index is 0.164. The summed E-state index contributed by atoms with van der Waals surface area (Å²) in [7, 11) is 0. The van der Waals surface area contributed by atoms with Crippen molar-refractivity contribution in [3.05, 3.63) is 81.9 Å². The average molecular weight is 449 g/mol. The fraction of sp³-hybridized carbons (Fsp3) is 0. The first-order valence-electron chi connectivity index (χ1n) is 7.95. The molecule has 3 aromatic carbocycles. The predicted molar refractivity (Wildman–Crippen MR) is 88.6 cm³/mol. The van der Waals surface area contributed by atoms with E-state index in [-0.39, 0.29) is 17.5 Å². The van der Waals surface area contributed by atoms with Crippen molar-refractivity contribution in [1.82, 2.24) is 0 Å². The molecule has 0 fully saturated rings. The first kappa shape index (κ1) is 21.9. The Balaban J connectivity index is 2.17. The van der Waals surface area contributed by atoms with Crippen molar-refractivity contribution in [3.8, 4) is 17.2 Å². The van der Waals surface area contributed by atoms with Crippen LogP contribution in [0.2, 0.25) is 0 Å². The highest BCUT2D eigenvalue weighted by molar-refractivity contribution is 6.09. The molecule has 162 valence electrons. The van der Waals surface area contributed by atoms with Crippen LogP contribution in [-0.4, -0.2) is 10.9 Å². The first-order valence-corrected chi connectivity index (χ1v) is 7.95. The molecule has 0 radical (unpaired) electrons. The molecule has 12 heteroatoms. The molecule has 0 saturated carbocycles. The van der Waals surface area contributed by atoms with Crippen LogP contribution in [0.1, 0.15) is 15.9 Å². The number of phenolic OH excluding ortho intramolecular Hbond substituents is 1. The van der Waals surface area contributed by atoms with Crippen LogP contribution in [0, 0.1) is 46.5 Å². The second kappa shape index (κ2) is 7.78. The van der Waals surface area contributed by atoms with Crippen LogP contribution in [-0.2, 0) is 0 Å². The normalized spacial score (nSPS) is 11.0. The van der Waals surface area contributed by atoms with Gasteiger partial charge in [0.05, 0.1) is 11.3 Å². The highest BCUT2D eigenvalue weighted by atomic mass is 19.2. The number of phenols is 1. The predicted octanol–water partition coefficient (Wildman–Crippen LogP) is 5.11. The van der Waals surface area contributed by atoms with Gasteiger partial charge in [0.2, 0.25) is 17.4 Å². The summed E-state index contributed by atoms with van der Waals surface area (Å²) in [5.41, 5.74) is 1.47. The lowest BCUT2D eigenvalue weighted by Crippen LogP contribution is -2.16. The third-order valence-corrected chi connectivity index (χ3v) is 4.02. The highest BCUT2D eigenvalue weighted by Crippen LogP contribution is 2.34. The molecule has 0 unspecified atom stereocenters. The van der Waals surface area contributed by atoms with Crippen LogP contribution >= 0.6 is 0 Å². The van der Waals surface area contributed by atoms with E-state index in [9.17, 15) is 45.0 Å². The number of rotatable bonds is 4. The first-order chi connectivity index (χ1) is 14.5. The second-order valence-electron chi connectivity index (χ2n) is 5.96. The topological polar surface area (TPSA) is 72.5 Å². The smallest absolute Gasteiger partial charge is 0.204 e. The molecule has 0 saturated heterocycles. The fourth-order valence-electron chi connectivity index (χ4n) is 2.48. The zero-order chi connectivity index (χ0) is 23.2. The van der Waals surface area contributed by atoms with Gasteiger partial charge in [0, 0.05) is 6.07 Å². The van der Waals surface area contributed by atoms with Crippen LogP contribution in [0.15, 0.2) is 24.3 Å². The van der Waals surface area contributed by atoms with E-state index in [2.05, 4.69) is 0 Å². The van der Waals surface area contributed by atoms with E-state index < -0.39 is 74.9 Å². The van der Waals surface area contributed by atoms with Gasteiger partial charge in [-0.25, -0.2) is 30.7 Å². The van der Waals surface area contributed by atoms with Gasteiger partial charge in [0.25, 0.3) is 0 Å². The molecule has 0 aliphatic carbocycles. The molecule has 0 atom stereocenters. The van der Waals surface area contributed by atoms with E-state index in [0.29, 0.717) is 0 Å². The van der Waals surface area contributed by atoms with E-state index in [1.54, 1.807) is 0 Å². The zero-order valence-electron chi connectivity index (χ0n) is 14.7. The molecule has 0 aliphatic heterocycles. The van der Waals surface area contributed by atoms with Gasteiger partial charge in [0.15, 0.2) is 40.7 Å². The number of hydrogen-bond acceptors (Lipinski definition) is 4. The van der Waals surface area contributed by atoms with Crippen molar-refractivity contribution < 1.29 is 49.8 Å². The maximum absolute atomic E-state index is 14.1.